The summed E-state index contributed by atoms with van der Waals surface area (Å²) in [4.78, 5) is 20.5. The van der Waals surface area contributed by atoms with Crippen LogP contribution in [0.15, 0.2) is 24.3 Å². The quantitative estimate of drug-likeness (QED) is 0.600. The van der Waals surface area contributed by atoms with Crippen molar-refractivity contribution in [3.05, 3.63) is 35.1 Å². The van der Waals surface area contributed by atoms with Crippen molar-refractivity contribution < 1.29 is 9.53 Å². The lowest BCUT2D eigenvalue weighted by Crippen LogP contribution is -2.17. The number of ether oxygens (including phenoxy) is 1. The van der Waals surface area contributed by atoms with Crippen molar-refractivity contribution in [2.24, 2.45) is 0 Å². The predicted molar refractivity (Wildman–Crippen MR) is 83.4 cm³/mol. The fourth-order valence-electron chi connectivity index (χ4n) is 2.01. The van der Waals surface area contributed by atoms with Crippen LogP contribution in [-0.4, -0.2) is 22.5 Å². The van der Waals surface area contributed by atoms with Crippen molar-refractivity contribution in [2.45, 2.75) is 32.1 Å². The summed E-state index contributed by atoms with van der Waals surface area (Å²) in [6.45, 7) is 2.35. The zero-order valence-corrected chi connectivity index (χ0v) is 13.0. The summed E-state index contributed by atoms with van der Waals surface area (Å²) in [6.07, 6.45) is 2.78. The highest BCUT2D eigenvalue weighted by Crippen LogP contribution is 2.24. The summed E-state index contributed by atoms with van der Waals surface area (Å²) in [7, 11) is 0. The maximum Gasteiger partial charge on any atom is 0.329 e. The van der Waals surface area contributed by atoms with E-state index in [2.05, 4.69) is 16.9 Å². The summed E-state index contributed by atoms with van der Waals surface area (Å²) >= 11 is 6.07. The fraction of sp³-hybridized carbons (Fsp3) is 0.375. The van der Waals surface area contributed by atoms with Crippen molar-refractivity contribution >= 4 is 28.6 Å². The molecule has 0 aliphatic carbocycles. The Balaban J connectivity index is 2.22. The second-order valence-corrected chi connectivity index (χ2v) is 5.18. The maximum atomic E-state index is 12.1. The number of nitrogens with zero attached hydrogens (tertiary/aromatic N) is 3. The van der Waals surface area contributed by atoms with Crippen LogP contribution in [0, 0.1) is 11.3 Å². The minimum absolute atomic E-state index is 0.0516. The molecule has 0 radical (unpaired) electrons. The molecule has 0 aliphatic rings. The van der Waals surface area contributed by atoms with Gasteiger partial charge in [-0.2, -0.15) is 5.26 Å². The van der Waals surface area contributed by atoms with E-state index >= 15 is 0 Å². The number of hydrogen-bond acceptors (Lipinski definition) is 5. The Hall–Kier alpha value is -2.19. The second kappa shape index (κ2) is 7.71. The van der Waals surface area contributed by atoms with E-state index in [9.17, 15) is 10.1 Å². The van der Waals surface area contributed by atoms with E-state index in [0.717, 1.165) is 19.3 Å². The van der Waals surface area contributed by atoms with Crippen LogP contribution in [0.25, 0.3) is 11.0 Å². The highest BCUT2D eigenvalue weighted by molar-refractivity contribution is 6.30. The van der Waals surface area contributed by atoms with Crippen molar-refractivity contribution in [3.63, 3.8) is 0 Å². The van der Waals surface area contributed by atoms with Crippen LogP contribution in [-0.2, 0) is 9.53 Å². The van der Waals surface area contributed by atoms with Crippen molar-refractivity contribution in [3.8, 4) is 6.07 Å². The first-order valence-electron chi connectivity index (χ1n) is 7.15. The molecule has 2 aromatic rings. The SMILES string of the molecule is CCCCCOC(=O)[C@@H](C#N)c1nc2ccccc2nc1Cl. The molecule has 1 aromatic carbocycles. The van der Waals surface area contributed by atoms with Gasteiger partial charge in [-0.05, 0) is 18.6 Å². The summed E-state index contributed by atoms with van der Waals surface area (Å²) < 4.78 is 5.13. The molecule has 22 heavy (non-hydrogen) atoms. The van der Waals surface area contributed by atoms with Crippen molar-refractivity contribution in [1.29, 1.82) is 5.26 Å². The summed E-state index contributed by atoms with van der Waals surface area (Å²) in [5, 5.41) is 9.32. The standard InChI is InChI=1S/C16H16ClN3O2/c1-2-3-6-9-22-16(21)11(10-18)14-15(17)20-13-8-5-4-7-12(13)19-14/h4-5,7-8,11H,2-3,6,9H2,1H3/t11-/m0/s1. The first kappa shape index (κ1) is 16.2. The topological polar surface area (TPSA) is 75.9 Å². The number of hydrogen-bond donors (Lipinski definition) is 0. The first-order valence-corrected chi connectivity index (χ1v) is 7.53. The van der Waals surface area contributed by atoms with Gasteiger partial charge in [0.2, 0.25) is 0 Å². The van der Waals surface area contributed by atoms with Gasteiger partial charge in [-0.3, -0.25) is 4.79 Å². The average Bonchev–Trinajstić information content (AvgIpc) is 2.52. The Morgan fingerprint density at radius 2 is 2.00 bits per heavy atom. The minimum atomic E-state index is -1.16. The van der Waals surface area contributed by atoms with Crippen LogP contribution in [0.1, 0.15) is 37.8 Å². The van der Waals surface area contributed by atoms with Crippen molar-refractivity contribution in [1.82, 2.24) is 9.97 Å². The number of rotatable bonds is 6. The number of carbonyl (C=O) groups is 1. The third-order valence-corrected chi connectivity index (χ3v) is 3.46. The van der Waals surface area contributed by atoms with Crippen LogP contribution in [0.5, 0.6) is 0 Å². The van der Waals surface area contributed by atoms with E-state index in [4.69, 9.17) is 16.3 Å². The number of fused-ring (bicyclic) bond motifs is 1. The van der Waals surface area contributed by atoms with Gasteiger partial charge in [-0.15, -0.1) is 0 Å². The van der Waals surface area contributed by atoms with Gasteiger partial charge in [0.1, 0.15) is 5.69 Å². The van der Waals surface area contributed by atoms with Gasteiger partial charge < -0.3 is 4.74 Å². The molecule has 2 rings (SSSR count). The normalized spacial score (nSPS) is 11.9. The van der Waals surface area contributed by atoms with Gasteiger partial charge in [0.25, 0.3) is 0 Å². The molecule has 0 saturated heterocycles. The van der Waals surface area contributed by atoms with E-state index in [-0.39, 0.29) is 10.8 Å². The van der Waals surface area contributed by atoms with E-state index < -0.39 is 11.9 Å². The van der Waals surface area contributed by atoms with Crippen LogP contribution >= 0.6 is 11.6 Å². The molecular weight excluding hydrogens is 302 g/mol. The molecule has 1 atom stereocenters. The number of nitriles is 1. The number of carbonyl (C=O) groups excluding carboxylic acids is 1. The zero-order valence-electron chi connectivity index (χ0n) is 12.3. The molecule has 0 saturated carbocycles. The molecule has 0 amide bonds. The van der Waals surface area contributed by atoms with Crippen LogP contribution in [0.2, 0.25) is 5.15 Å². The van der Waals surface area contributed by atoms with Gasteiger partial charge in [0.15, 0.2) is 11.1 Å². The molecule has 114 valence electrons. The molecule has 0 unspecified atom stereocenters. The molecule has 0 fully saturated rings. The van der Waals surface area contributed by atoms with Crippen LogP contribution < -0.4 is 0 Å². The Morgan fingerprint density at radius 3 is 2.64 bits per heavy atom. The number of aromatic nitrogens is 2. The number of halogens is 1. The highest BCUT2D eigenvalue weighted by Gasteiger charge is 2.27. The monoisotopic (exact) mass is 317 g/mol. The predicted octanol–water partition coefficient (Wildman–Crippen LogP) is 3.62. The molecule has 0 spiro atoms. The third kappa shape index (κ3) is 3.71. The highest BCUT2D eigenvalue weighted by atomic mass is 35.5. The van der Waals surface area contributed by atoms with E-state index in [1.807, 2.05) is 12.1 Å². The lowest BCUT2D eigenvalue weighted by atomic mass is 10.1. The number of para-hydroxylation sites is 2. The van der Waals surface area contributed by atoms with Gasteiger partial charge in [-0.25, -0.2) is 9.97 Å². The second-order valence-electron chi connectivity index (χ2n) is 4.83. The van der Waals surface area contributed by atoms with Gasteiger partial charge >= 0.3 is 5.97 Å². The molecule has 1 aromatic heterocycles. The average molecular weight is 318 g/mol. The molecular formula is C16H16ClN3O2. The summed E-state index contributed by atoms with van der Waals surface area (Å²) in [5.74, 6) is -1.80. The molecule has 6 heteroatoms. The van der Waals surface area contributed by atoms with E-state index in [1.54, 1.807) is 18.2 Å². The number of esters is 1. The third-order valence-electron chi connectivity index (χ3n) is 3.18. The Morgan fingerprint density at radius 1 is 1.32 bits per heavy atom. The largest absolute Gasteiger partial charge is 0.464 e. The fourth-order valence-corrected chi connectivity index (χ4v) is 2.25. The lowest BCUT2D eigenvalue weighted by Gasteiger charge is -2.11. The lowest BCUT2D eigenvalue weighted by molar-refractivity contribution is -0.144. The van der Waals surface area contributed by atoms with Gasteiger partial charge in [0.05, 0.1) is 23.7 Å². The summed E-state index contributed by atoms with van der Waals surface area (Å²) in [6, 6.07) is 9.04. The minimum Gasteiger partial charge on any atom is -0.464 e. The first-order chi connectivity index (χ1) is 10.7. The van der Waals surface area contributed by atoms with Gasteiger partial charge in [-0.1, -0.05) is 43.5 Å². The molecule has 0 bridgehead atoms. The maximum absolute atomic E-state index is 12.1. The Kier molecular flexibility index (Phi) is 5.68. The Labute approximate surface area is 133 Å². The molecule has 1 heterocycles. The molecule has 0 aliphatic heterocycles. The zero-order chi connectivity index (χ0) is 15.9. The van der Waals surface area contributed by atoms with Crippen LogP contribution in [0.3, 0.4) is 0 Å². The molecule has 5 nitrogen and oxygen atoms in total. The van der Waals surface area contributed by atoms with Gasteiger partial charge in [0, 0.05) is 0 Å². The number of unbranched alkanes of at least 4 members (excludes halogenated alkanes) is 2. The van der Waals surface area contributed by atoms with Crippen molar-refractivity contribution in [2.75, 3.05) is 6.61 Å². The smallest absolute Gasteiger partial charge is 0.329 e. The summed E-state index contributed by atoms with van der Waals surface area (Å²) in [5.41, 5.74) is 1.34. The van der Waals surface area contributed by atoms with E-state index in [1.165, 1.54) is 0 Å². The Bertz CT molecular complexity index is 712. The van der Waals surface area contributed by atoms with E-state index in [0.29, 0.717) is 17.6 Å². The van der Waals surface area contributed by atoms with Crippen LogP contribution in [0.4, 0.5) is 0 Å². The molecule has 0 N–H and O–H groups in total. The number of benzene rings is 1.